The molecule has 2 atom stereocenters. The number of fused-ring (bicyclic) bond motifs is 1. The first-order valence-electron chi connectivity index (χ1n) is 7.41. The molecule has 0 unspecified atom stereocenters. The van der Waals surface area contributed by atoms with Crippen molar-refractivity contribution in [1.29, 1.82) is 0 Å². The fourth-order valence-electron chi connectivity index (χ4n) is 3.21. The van der Waals surface area contributed by atoms with Gasteiger partial charge in [0.05, 0.1) is 29.9 Å². The lowest BCUT2D eigenvalue weighted by Crippen LogP contribution is -2.30. The number of imide groups is 1. The number of anilines is 1. The van der Waals surface area contributed by atoms with Crippen LogP contribution >= 0.6 is 0 Å². The highest BCUT2D eigenvalue weighted by molar-refractivity contribution is 6.21. The summed E-state index contributed by atoms with van der Waals surface area (Å²) in [5.74, 6) is -1.03. The summed E-state index contributed by atoms with van der Waals surface area (Å²) in [5.41, 5.74) is 0.282. The van der Waals surface area contributed by atoms with Crippen LogP contribution in [0.4, 0.5) is 18.9 Å². The third-order valence-electron chi connectivity index (χ3n) is 4.21. The Kier molecular flexibility index (Phi) is 4.13. The van der Waals surface area contributed by atoms with Gasteiger partial charge in [-0.15, -0.1) is 0 Å². The molecule has 3 rings (SSSR count). The molecule has 2 amide bonds. The summed E-state index contributed by atoms with van der Waals surface area (Å²) in [7, 11) is 0. The Morgan fingerprint density at radius 2 is 1.78 bits per heavy atom. The Morgan fingerprint density at radius 1 is 1.17 bits per heavy atom. The van der Waals surface area contributed by atoms with Crippen molar-refractivity contribution < 1.29 is 27.5 Å². The normalized spacial score (nSPS) is 25.1. The van der Waals surface area contributed by atoms with Crippen LogP contribution in [0.3, 0.4) is 0 Å². The first kappa shape index (κ1) is 16.0. The Bertz CT molecular complexity index is 590. The van der Waals surface area contributed by atoms with Gasteiger partial charge in [-0.2, -0.15) is 18.3 Å². The van der Waals surface area contributed by atoms with E-state index >= 15 is 0 Å². The fraction of sp³-hybridized carbons (Fsp3) is 0.643. The summed E-state index contributed by atoms with van der Waals surface area (Å²) in [6.45, 7) is -1.78. The van der Waals surface area contributed by atoms with Crippen LogP contribution in [0, 0.1) is 11.8 Å². The van der Waals surface area contributed by atoms with Crippen LogP contribution in [0.5, 0.6) is 0 Å². The number of ether oxygens (including phenoxy) is 1. The quantitative estimate of drug-likeness (QED) is 0.793. The van der Waals surface area contributed by atoms with E-state index in [1.807, 2.05) is 0 Å². The zero-order valence-corrected chi connectivity index (χ0v) is 12.3. The SMILES string of the molecule is O=C1[C@@H]2CCCC[C@H]2C(=O)N1c1cnn(COCC(F)(F)F)c1. The molecule has 1 aliphatic carbocycles. The number of halogens is 3. The van der Waals surface area contributed by atoms with E-state index in [2.05, 4.69) is 9.84 Å². The van der Waals surface area contributed by atoms with Crippen LogP contribution in [0.2, 0.25) is 0 Å². The predicted octanol–water partition coefficient (Wildman–Crippen LogP) is 2.10. The molecule has 1 aromatic heterocycles. The summed E-state index contributed by atoms with van der Waals surface area (Å²) < 4.78 is 41.7. The largest absolute Gasteiger partial charge is 0.411 e. The first-order chi connectivity index (χ1) is 10.9. The molecule has 23 heavy (non-hydrogen) atoms. The van der Waals surface area contributed by atoms with E-state index in [0.29, 0.717) is 12.8 Å². The molecule has 0 aromatic carbocycles. The fourth-order valence-corrected chi connectivity index (χ4v) is 3.21. The number of nitrogens with zero attached hydrogens (tertiary/aromatic N) is 3. The Morgan fingerprint density at radius 3 is 2.35 bits per heavy atom. The summed E-state index contributed by atoms with van der Waals surface area (Å²) in [6, 6.07) is 0. The standard InChI is InChI=1S/C14H16F3N3O3/c15-14(16,17)7-23-8-19-6-9(5-18-19)20-12(21)10-3-1-2-4-11(10)13(20)22/h5-6,10-11H,1-4,7-8H2/t10-,11-/m1/s1. The first-order valence-corrected chi connectivity index (χ1v) is 7.41. The molecule has 0 radical (unpaired) electrons. The Balaban J connectivity index is 1.68. The van der Waals surface area contributed by atoms with Crippen LogP contribution in [-0.2, 0) is 21.1 Å². The second kappa shape index (κ2) is 5.95. The van der Waals surface area contributed by atoms with Gasteiger partial charge in [-0.25, -0.2) is 9.58 Å². The molecular weight excluding hydrogens is 315 g/mol. The molecule has 126 valence electrons. The van der Waals surface area contributed by atoms with E-state index in [9.17, 15) is 22.8 Å². The molecule has 2 fully saturated rings. The van der Waals surface area contributed by atoms with E-state index in [1.54, 1.807) is 0 Å². The Hall–Kier alpha value is -1.90. The molecule has 2 aliphatic rings. The maximum absolute atomic E-state index is 12.4. The second-order valence-electron chi connectivity index (χ2n) is 5.84. The van der Waals surface area contributed by atoms with E-state index in [1.165, 1.54) is 12.4 Å². The average molecular weight is 331 g/mol. The maximum atomic E-state index is 12.4. The number of hydrogen-bond acceptors (Lipinski definition) is 4. The highest BCUT2D eigenvalue weighted by Crippen LogP contribution is 2.39. The number of carbonyl (C=O) groups excluding carboxylic acids is 2. The van der Waals surface area contributed by atoms with Crippen molar-refractivity contribution in [2.45, 2.75) is 38.6 Å². The predicted molar refractivity (Wildman–Crippen MR) is 72.2 cm³/mol. The molecule has 1 saturated heterocycles. The number of rotatable bonds is 4. The number of hydrogen-bond donors (Lipinski definition) is 0. The van der Waals surface area contributed by atoms with Gasteiger partial charge in [0.2, 0.25) is 11.8 Å². The monoisotopic (exact) mass is 331 g/mol. The van der Waals surface area contributed by atoms with Crippen molar-refractivity contribution in [3.63, 3.8) is 0 Å². The maximum Gasteiger partial charge on any atom is 0.411 e. The minimum absolute atomic E-state index is 0.240. The summed E-state index contributed by atoms with van der Waals surface area (Å²) in [6.07, 6.45) is 1.50. The highest BCUT2D eigenvalue weighted by atomic mass is 19.4. The van der Waals surface area contributed by atoms with Gasteiger partial charge in [-0.1, -0.05) is 12.8 Å². The minimum atomic E-state index is -4.41. The lowest BCUT2D eigenvalue weighted by Gasteiger charge is -2.19. The minimum Gasteiger partial charge on any atom is -0.350 e. The van der Waals surface area contributed by atoms with Crippen molar-refractivity contribution >= 4 is 17.5 Å². The molecule has 9 heteroatoms. The lowest BCUT2D eigenvalue weighted by molar-refractivity contribution is -0.182. The van der Waals surface area contributed by atoms with Crippen molar-refractivity contribution in [3.05, 3.63) is 12.4 Å². The van der Waals surface area contributed by atoms with Gasteiger partial charge in [0.25, 0.3) is 0 Å². The lowest BCUT2D eigenvalue weighted by atomic mass is 9.81. The van der Waals surface area contributed by atoms with E-state index in [0.717, 1.165) is 22.4 Å². The van der Waals surface area contributed by atoms with Gasteiger partial charge in [-0.3, -0.25) is 9.59 Å². The van der Waals surface area contributed by atoms with Crippen molar-refractivity contribution in [2.75, 3.05) is 11.5 Å². The molecular formula is C14H16F3N3O3. The van der Waals surface area contributed by atoms with Crippen LogP contribution < -0.4 is 4.90 Å². The van der Waals surface area contributed by atoms with Gasteiger partial charge in [0.1, 0.15) is 13.3 Å². The van der Waals surface area contributed by atoms with E-state index in [4.69, 9.17) is 0 Å². The molecule has 1 aliphatic heterocycles. The smallest absolute Gasteiger partial charge is 0.350 e. The Labute approximate surface area is 130 Å². The van der Waals surface area contributed by atoms with Crippen molar-refractivity contribution in [1.82, 2.24) is 9.78 Å². The number of alkyl halides is 3. The molecule has 1 saturated carbocycles. The van der Waals surface area contributed by atoms with Gasteiger partial charge in [0.15, 0.2) is 0 Å². The number of amides is 2. The third-order valence-corrected chi connectivity index (χ3v) is 4.21. The summed E-state index contributed by atoms with van der Waals surface area (Å²) >= 11 is 0. The topological polar surface area (TPSA) is 64.4 Å². The van der Waals surface area contributed by atoms with E-state index < -0.39 is 19.5 Å². The number of aromatic nitrogens is 2. The molecule has 0 spiro atoms. The highest BCUT2D eigenvalue weighted by Gasteiger charge is 2.49. The molecule has 2 heterocycles. The zero-order valence-electron chi connectivity index (χ0n) is 12.3. The zero-order chi connectivity index (χ0) is 16.6. The summed E-state index contributed by atoms with van der Waals surface area (Å²) in [5, 5.41) is 3.84. The molecule has 0 N–H and O–H groups in total. The number of carbonyl (C=O) groups is 2. The molecule has 0 bridgehead atoms. The van der Waals surface area contributed by atoms with Crippen LogP contribution in [0.25, 0.3) is 0 Å². The van der Waals surface area contributed by atoms with Crippen molar-refractivity contribution in [2.24, 2.45) is 11.8 Å². The third kappa shape index (κ3) is 3.24. The van der Waals surface area contributed by atoms with Crippen molar-refractivity contribution in [3.8, 4) is 0 Å². The van der Waals surface area contributed by atoms with Gasteiger partial charge in [-0.05, 0) is 12.8 Å². The van der Waals surface area contributed by atoms with Gasteiger partial charge < -0.3 is 4.74 Å². The van der Waals surface area contributed by atoms with Crippen LogP contribution in [-0.4, -0.2) is 34.4 Å². The molecule has 1 aromatic rings. The molecule has 6 nitrogen and oxygen atoms in total. The van der Waals surface area contributed by atoms with Crippen LogP contribution in [0.15, 0.2) is 12.4 Å². The van der Waals surface area contributed by atoms with E-state index in [-0.39, 0.29) is 29.3 Å². The average Bonchev–Trinajstić information content (AvgIpc) is 3.03. The van der Waals surface area contributed by atoms with Gasteiger partial charge in [0, 0.05) is 0 Å². The van der Waals surface area contributed by atoms with Gasteiger partial charge >= 0.3 is 6.18 Å². The van der Waals surface area contributed by atoms with Crippen LogP contribution in [0.1, 0.15) is 25.7 Å². The summed E-state index contributed by atoms with van der Waals surface area (Å²) in [4.78, 5) is 25.9. The second-order valence-corrected chi connectivity index (χ2v) is 5.84.